The van der Waals surface area contributed by atoms with Crippen LogP contribution in [-0.4, -0.2) is 15.2 Å². The third kappa shape index (κ3) is 3.92. The van der Waals surface area contributed by atoms with Crippen LogP contribution in [0.1, 0.15) is 69.2 Å². The molecule has 0 bridgehead atoms. The van der Waals surface area contributed by atoms with Gasteiger partial charge in [0.2, 0.25) is 0 Å². The van der Waals surface area contributed by atoms with Gasteiger partial charge in [-0.3, -0.25) is 9.59 Å². The summed E-state index contributed by atoms with van der Waals surface area (Å²) in [5, 5.41) is 0.425. The number of carbonyl (C=O) groups excluding carboxylic acids is 2. The Bertz CT molecular complexity index is 850. The van der Waals surface area contributed by atoms with E-state index in [9.17, 15) is 9.59 Å². The zero-order valence-corrected chi connectivity index (χ0v) is 19.3. The number of rotatable bonds is 6. The highest BCUT2D eigenvalue weighted by Crippen LogP contribution is 2.54. The maximum absolute atomic E-state index is 13.5. The van der Waals surface area contributed by atoms with Gasteiger partial charge in [0.1, 0.15) is 10.4 Å². The fourth-order valence-corrected chi connectivity index (χ4v) is 7.99. The van der Waals surface area contributed by atoms with Gasteiger partial charge in [0.15, 0.2) is 10.2 Å². The fourth-order valence-electron chi connectivity index (χ4n) is 5.80. The molecule has 0 saturated heterocycles. The number of carbonyl (C=O) groups is 2. The van der Waals surface area contributed by atoms with Crippen molar-refractivity contribution in [2.45, 2.75) is 69.6 Å². The van der Waals surface area contributed by atoms with Gasteiger partial charge in [0, 0.05) is 0 Å². The number of hydrogen-bond acceptors (Lipinski definition) is 4. The largest absolute Gasteiger partial charge is 0.287 e. The summed E-state index contributed by atoms with van der Waals surface area (Å²) in [5.41, 5.74) is -0.0649. The van der Waals surface area contributed by atoms with Crippen LogP contribution in [0.25, 0.3) is 10.2 Å². The summed E-state index contributed by atoms with van der Waals surface area (Å²) in [7, 11) is 0. The Labute approximate surface area is 187 Å². The van der Waals surface area contributed by atoms with Gasteiger partial charge in [-0.15, -0.1) is 36.6 Å². The van der Waals surface area contributed by atoms with Crippen LogP contribution in [-0.2, 0) is 15.0 Å². The van der Waals surface area contributed by atoms with E-state index in [1.807, 2.05) is 24.3 Å². The van der Waals surface area contributed by atoms with Crippen LogP contribution in [0.2, 0.25) is 0 Å². The van der Waals surface area contributed by atoms with Crippen LogP contribution in [0.5, 0.6) is 0 Å². The Morgan fingerprint density at radius 1 is 0.966 bits per heavy atom. The summed E-state index contributed by atoms with van der Waals surface area (Å²) in [6.45, 7) is 0. The average molecular weight is 448 g/mol. The van der Waals surface area contributed by atoms with Crippen molar-refractivity contribution < 1.29 is 9.59 Å². The topological polar surface area (TPSA) is 47.0 Å². The smallest absolute Gasteiger partial charge is 0.199 e. The molecule has 0 aliphatic heterocycles. The first kappa shape index (κ1) is 21.4. The molecule has 29 heavy (non-hydrogen) atoms. The van der Waals surface area contributed by atoms with Gasteiger partial charge < -0.3 is 0 Å². The molecule has 6 heteroatoms. The lowest BCUT2D eigenvalue weighted by molar-refractivity contribution is -0.131. The Balaban J connectivity index is 1.92. The van der Waals surface area contributed by atoms with Gasteiger partial charge in [0.25, 0.3) is 0 Å². The van der Waals surface area contributed by atoms with E-state index in [-0.39, 0.29) is 22.1 Å². The first-order valence-corrected chi connectivity index (χ1v) is 12.6. The van der Waals surface area contributed by atoms with E-state index in [1.165, 1.54) is 12.8 Å². The second kappa shape index (κ2) is 9.11. The van der Waals surface area contributed by atoms with E-state index < -0.39 is 11.3 Å². The van der Waals surface area contributed by atoms with Crippen molar-refractivity contribution in [2.75, 3.05) is 0 Å². The quantitative estimate of drug-likeness (QED) is 0.517. The van der Waals surface area contributed by atoms with Crippen molar-refractivity contribution in [3.8, 4) is 0 Å². The molecule has 3 nitrogen and oxygen atoms in total. The monoisotopic (exact) mass is 447 g/mol. The molecule has 0 radical (unpaired) electrons. The molecule has 0 N–H and O–H groups in total. The van der Waals surface area contributed by atoms with Crippen LogP contribution in [0.15, 0.2) is 24.3 Å². The number of aromatic nitrogens is 1. The van der Waals surface area contributed by atoms with Gasteiger partial charge in [-0.25, -0.2) is 4.98 Å². The lowest BCUT2D eigenvalue weighted by atomic mass is 9.58. The number of thiazole rings is 1. The number of hydrogen-bond donors (Lipinski definition) is 2. The molecule has 2 atom stereocenters. The van der Waals surface area contributed by atoms with E-state index in [4.69, 9.17) is 4.98 Å². The third-order valence-electron chi connectivity index (χ3n) is 7.13. The number of para-hydroxylation sites is 1. The summed E-state index contributed by atoms with van der Waals surface area (Å²) in [6.07, 6.45) is 10.7. The van der Waals surface area contributed by atoms with Crippen LogP contribution in [0, 0.1) is 17.8 Å². The van der Waals surface area contributed by atoms with E-state index in [1.54, 1.807) is 11.3 Å². The van der Waals surface area contributed by atoms with Crippen LogP contribution in [0.4, 0.5) is 0 Å². The second-order valence-electron chi connectivity index (χ2n) is 8.71. The molecule has 1 aromatic carbocycles. The molecule has 0 amide bonds. The Hall–Kier alpha value is -0.850. The number of fused-ring (bicyclic) bond motifs is 1. The van der Waals surface area contributed by atoms with Crippen molar-refractivity contribution in [3.63, 3.8) is 0 Å². The standard InChI is InChI=1S/C23H29NO2S3/c25-20(27)19(15-9-3-1-4-10-15)23(22(26)28,16-11-5-2-6-12-16)21-24-17-13-7-8-14-18(17)29-21/h7-8,13-16,19H,1-6,9-12H2,(H,25,27)(H,26,28). The van der Waals surface area contributed by atoms with E-state index >= 15 is 0 Å². The van der Waals surface area contributed by atoms with E-state index in [0.717, 1.165) is 66.6 Å². The molecule has 2 aromatic rings. The van der Waals surface area contributed by atoms with Crippen LogP contribution < -0.4 is 0 Å². The fraction of sp³-hybridized carbons (Fsp3) is 0.609. The number of nitrogens with zero attached hydrogens (tertiary/aromatic N) is 1. The van der Waals surface area contributed by atoms with Gasteiger partial charge in [-0.2, -0.15) is 0 Å². The molecule has 2 aliphatic carbocycles. The summed E-state index contributed by atoms with van der Waals surface area (Å²) >= 11 is 10.4. The Morgan fingerprint density at radius 2 is 1.59 bits per heavy atom. The average Bonchev–Trinajstić information content (AvgIpc) is 3.17. The van der Waals surface area contributed by atoms with E-state index in [2.05, 4.69) is 25.3 Å². The van der Waals surface area contributed by atoms with Crippen molar-refractivity contribution in [2.24, 2.45) is 17.8 Å². The van der Waals surface area contributed by atoms with Crippen molar-refractivity contribution in [3.05, 3.63) is 29.3 Å². The Kier molecular flexibility index (Phi) is 6.72. The predicted octanol–water partition coefficient (Wildman–Crippen LogP) is 6.22. The lowest BCUT2D eigenvalue weighted by Crippen LogP contribution is -2.53. The zero-order chi connectivity index (χ0) is 20.4. The summed E-state index contributed by atoms with van der Waals surface area (Å²) in [6, 6.07) is 8.00. The molecule has 0 spiro atoms. The van der Waals surface area contributed by atoms with Gasteiger partial charge in [-0.1, -0.05) is 50.7 Å². The molecule has 2 unspecified atom stereocenters. The van der Waals surface area contributed by atoms with Crippen molar-refractivity contribution in [1.29, 1.82) is 0 Å². The zero-order valence-electron chi connectivity index (χ0n) is 16.7. The van der Waals surface area contributed by atoms with Crippen molar-refractivity contribution in [1.82, 2.24) is 4.98 Å². The highest BCUT2D eigenvalue weighted by Gasteiger charge is 2.57. The normalized spacial score (nSPS) is 22.3. The molecule has 2 saturated carbocycles. The first-order valence-electron chi connectivity index (χ1n) is 10.9. The summed E-state index contributed by atoms with van der Waals surface area (Å²) in [5.74, 6) is -0.163. The third-order valence-corrected chi connectivity index (χ3v) is 8.96. The molecule has 1 heterocycles. The van der Waals surface area contributed by atoms with Gasteiger partial charge >= 0.3 is 0 Å². The molecular formula is C23H29NO2S3. The van der Waals surface area contributed by atoms with Crippen LogP contribution >= 0.6 is 36.6 Å². The molecule has 2 fully saturated rings. The minimum atomic E-state index is -0.964. The lowest BCUT2D eigenvalue weighted by Gasteiger charge is -2.46. The highest BCUT2D eigenvalue weighted by atomic mass is 32.1. The molecule has 156 valence electrons. The number of thiol groups is 2. The van der Waals surface area contributed by atoms with Crippen LogP contribution in [0.3, 0.4) is 0 Å². The predicted molar refractivity (Wildman–Crippen MR) is 126 cm³/mol. The molecule has 1 aromatic heterocycles. The van der Waals surface area contributed by atoms with Gasteiger partial charge in [-0.05, 0) is 49.7 Å². The van der Waals surface area contributed by atoms with E-state index in [0.29, 0.717) is 0 Å². The maximum Gasteiger partial charge on any atom is 0.199 e. The van der Waals surface area contributed by atoms with Gasteiger partial charge in [0.05, 0.1) is 16.1 Å². The maximum atomic E-state index is 13.5. The minimum absolute atomic E-state index is 0.102. The molecule has 2 aliphatic rings. The summed E-state index contributed by atoms with van der Waals surface area (Å²) in [4.78, 5) is 31.5. The van der Waals surface area contributed by atoms with Crippen molar-refractivity contribution >= 4 is 57.0 Å². The Morgan fingerprint density at radius 3 is 2.17 bits per heavy atom. The minimum Gasteiger partial charge on any atom is -0.287 e. The molecular weight excluding hydrogens is 418 g/mol. The second-order valence-corrected chi connectivity index (χ2v) is 10.6. The molecule has 4 rings (SSSR count). The first-order chi connectivity index (χ1) is 14.0. The number of benzene rings is 1. The SMILES string of the molecule is O=C(S)C(C1CCCCC1)C(C(=O)S)(c1nc2ccccc2s1)C1CCCCC1. The summed E-state index contributed by atoms with van der Waals surface area (Å²) < 4.78 is 1.06. The highest BCUT2D eigenvalue weighted by molar-refractivity contribution is 7.97.